The average molecular weight is 527 g/mol. The van der Waals surface area contributed by atoms with E-state index in [9.17, 15) is 27.2 Å². The highest BCUT2D eigenvalue weighted by atomic mass is 35.5. The van der Waals surface area contributed by atoms with Crippen LogP contribution >= 0.6 is 22.9 Å². The molecule has 0 radical (unpaired) electrons. The number of fused-ring (bicyclic) bond motifs is 1. The van der Waals surface area contributed by atoms with E-state index < -0.39 is 29.4 Å². The van der Waals surface area contributed by atoms with E-state index in [1.165, 1.54) is 23.7 Å². The molecule has 3 aromatic rings. The number of carboxylic acid groups (broad SMARTS) is 1. The minimum absolute atomic E-state index is 0.0485. The quantitative estimate of drug-likeness (QED) is 0.453. The number of carbonyl (C=O) groups excluding carboxylic acids is 1. The first-order valence-electron chi connectivity index (χ1n) is 10.3. The lowest BCUT2D eigenvalue weighted by molar-refractivity contribution is -0.140. The molecular formula is C22H15ClF4N4O3S. The molecule has 3 heterocycles. The molecule has 5 rings (SSSR count). The second-order valence-electron chi connectivity index (χ2n) is 8.28. The van der Waals surface area contributed by atoms with Crippen molar-refractivity contribution in [2.24, 2.45) is 17.8 Å². The van der Waals surface area contributed by atoms with E-state index in [1.807, 2.05) is 4.90 Å². The van der Waals surface area contributed by atoms with Gasteiger partial charge in [0.1, 0.15) is 11.6 Å². The predicted molar refractivity (Wildman–Crippen MR) is 120 cm³/mol. The number of amides is 1. The molecule has 1 aliphatic carbocycles. The van der Waals surface area contributed by atoms with Crippen LogP contribution in [-0.4, -0.2) is 40.0 Å². The number of halogens is 5. The van der Waals surface area contributed by atoms with Gasteiger partial charge in [0.15, 0.2) is 5.13 Å². The number of nitrogens with zero attached hydrogens (tertiary/aromatic N) is 3. The number of aliphatic carboxylic acids is 1. The molecule has 13 heteroatoms. The van der Waals surface area contributed by atoms with Crippen LogP contribution in [0.1, 0.15) is 15.9 Å². The molecule has 2 fully saturated rings. The molecule has 1 saturated heterocycles. The third-order valence-electron chi connectivity index (χ3n) is 6.17. The molecule has 0 bridgehead atoms. The highest BCUT2D eigenvalue weighted by Gasteiger charge is 2.60. The van der Waals surface area contributed by atoms with Gasteiger partial charge in [-0.3, -0.25) is 14.9 Å². The van der Waals surface area contributed by atoms with Crippen molar-refractivity contribution in [1.29, 1.82) is 0 Å². The van der Waals surface area contributed by atoms with Gasteiger partial charge in [-0.1, -0.05) is 17.7 Å². The maximum absolute atomic E-state index is 14.4. The van der Waals surface area contributed by atoms with E-state index >= 15 is 0 Å². The van der Waals surface area contributed by atoms with Gasteiger partial charge in [0, 0.05) is 30.2 Å². The Bertz CT molecular complexity index is 1340. The average Bonchev–Trinajstić information content (AvgIpc) is 3.09. The molecule has 2 aliphatic rings. The van der Waals surface area contributed by atoms with E-state index in [1.54, 1.807) is 0 Å². The second kappa shape index (κ2) is 8.45. The normalized spacial score (nSPS) is 21.1. The van der Waals surface area contributed by atoms with Crippen LogP contribution in [0.3, 0.4) is 0 Å². The number of piperidine rings is 1. The highest BCUT2D eigenvalue weighted by molar-refractivity contribution is 7.14. The molecule has 35 heavy (non-hydrogen) atoms. The van der Waals surface area contributed by atoms with E-state index in [4.69, 9.17) is 16.7 Å². The Hall–Kier alpha value is -3.25. The number of thiazole rings is 1. The molecule has 1 aromatic carbocycles. The van der Waals surface area contributed by atoms with E-state index in [-0.39, 0.29) is 44.7 Å². The minimum Gasteiger partial charge on any atom is -0.481 e. The van der Waals surface area contributed by atoms with Crippen LogP contribution in [0.25, 0.3) is 11.3 Å². The highest BCUT2D eigenvalue weighted by Crippen LogP contribution is 2.53. The zero-order valence-electron chi connectivity index (χ0n) is 17.5. The van der Waals surface area contributed by atoms with Gasteiger partial charge in [-0.2, -0.15) is 13.2 Å². The van der Waals surface area contributed by atoms with Crippen molar-refractivity contribution in [3.63, 3.8) is 0 Å². The first kappa shape index (κ1) is 23.5. The number of pyridine rings is 1. The fourth-order valence-corrected chi connectivity index (χ4v) is 5.42. The first-order chi connectivity index (χ1) is 16.5. The van der Waals surface area contributed by atoms with Gasteiger partial charge in [0.05, 0.1) is 27.8 Å². The molecule has 182 valence electrons. The van der Waals surface area contributed by atoms with Crippen molar-refractivity contribution in [2.75, 3.05) is 23.3 Å². The monoisotopic (exact) mass is 526 g/mol. The Morgan fingerprint density at radius 2 is 1.94 bits per heavy atom. The zero-order valence-corrected chi connectivity index (χ0v) is 19.1. The number of hydrogen-bond acceptors (Lipinski definition) is 6. The summed E-state index contributed by atoms with van der Waals surface area (Å²) in [5, 5.41) is 13.3. The summed E-state index contributed by atoms with van der Waals surface area (Å²) in [6.07, 6.45) is -3.53. The van der Waals surface area contributed by atoms with Gasteiger partial charge < -0.3 is 10.0 Å². The smallest absolute Gasteiger partial charge is 0.419 e. The summed E-state index contributed by atoms with van der Waals surface area (Å²) in [6.45, 7) is 1.04. The SMILES string of the molecule is O=C(Nc1nc(-c2cccc(C(F)(F)F)c2F)cs1)c1cnc(N2CC3C(C2)C3C(=O)O)c(Cl)c1. The summed E-state index contributed by atoms with van der Waals surface area (Å²) in [5.41, 5.74) is -1.66. The third-order valence-corrected chi connectivity index (χ3v) is 7.20. The van der Waals surface area contributed by atoms with Crippen molar-refractivity contribution in [2.45, 2.75) is 6.18 Å². The molecule has 1 saturated carbocycles. The Labute approximate surface area is 204 Å². The Kier molecular flexibility index (Phi) is 5.67. The number of anilines is 2. The van der Waals surface area contributed by atoms with Crippen LogP contribution in [0.5, 0.6) is 0 Å². The molecule has 1 aliphatic heterocycles. The number of alkyl halides is 3. The molecular weight excluding hydrogens is 512 g/mol. The van der Waals surface area contributed by atoms with Crippen LogP contribution in [0.15, 0.2) is 35.8 Å². The molecule has 0 spiro atoms. The topological polar surface area (TPSA) is 95.4 Å². The van der Waals surface area contributed by atoms with Crippen molar-refractivity contribution >= 4 is 45.8 Å². The van der Waals surface area contributed by atoms with Gasteiger partial charge in [-0.15, -0.1) is 11.3 Å². The number of aromatic nitrogens is 2. The molecule has 2 aromatic heterocycles. The van der Waals surface area contributed by atoms with Crippen molar-refractivity contribution < 1.29 is 32.3 Å². The maximum Gasteiger partial charge on any atom is 0.419 e. The minimum atomic E-state index is -4.85. The maximum atomic E-state index is 14.4. The number of carbonyl (C=O) groups is 2. The van der Waals surface area contributed by atoms with Crippen molar-refractivity contribution in [3.8, 4) is 11.3 Å². The molecule has 1 amide bonds. The van der Waals surface area contributed by atoms with E-state index in [0.29, 0.717) is 25.0 Å². The number of hydrogen-bond donors (Lipinski definition) is 2. The fourth-order valence-electron chi connectivity index (χ4n) is 4.43. The van der Waals surface area contributed by atoms with Gasteiger partial charge in [-0.25, -0.2) is 14.4 Å². The lowest BCUT2D eigenvalue weighted by Gasteiger charge is -2.21. The number of nitrogens with one attached hydrogen (secondary N) is 1. The largest absolute Gasteiger partial charge is 0.481 e. The number of carboxylic acids is 1. The van der Waals surface area contributed by atoms with E-state index in [0.717, 1.165) is 17.4 Å². The fraction of sp³-hybridized carbons (Fsp3) is 0.273. The summed E-state index contributed by atoms with van der Waals surface area (Å²) in [7, 11) is 0. The first-order valence-corrected chi connectivity index (χ1v) is 11.6. The van der Waals surface area contributed by atoms with Crippen molar-refractivity contribution in [3.05, 3.63) is 57.8 Å². The molecule has 7 nitrogen and oxygen atoms in total. The van der Waals surface area contributed by atoms with Crippen LogP contribution in [0.2, 0.25) is 5.02 Å². The van der Waals surface area contributed by atoms with Gasteiger partial charge in [0.2, 0.25) is 0 Å². The molecule has 2 N–H and O–H groups in total. The zero-order chi connectivity index (χ0) is 25.1. The van der Waals surface area contributed by atoms with Crippen LogP contribution in [0, 0.1) is 23.6 Å². The van der Waals surface area contributed by atoms with Gasteiger partial charge >= 0.3 is 12.1 Å². The molecule has 2 unspecified atom stereocenters. The molecule has 2 atom stereocenters. The van der Waals surface area contributed by atoms with E-state index in [2.05, 4.69) is 15.3 Å². The number of benzene rings is 1. The van der Waals surface area contributed by atoms with Crippen LogP contribution in [0.4, 0.5) is 28.5 Å². The summed E-state index contributed by atoms with van der Waals surface area (Å²) < 4.78 is 53.3. The van der Waals surface area contributed by atoms with Gasteiger partial charge in [-0.05, 0) is 30.0 Å². The predicted octanol–water partition coefficient (Wildman–Crippen LogP) is 5.04. The Morgan fingerprint density at radius 1 is 1.23 bits per heavy atom. The lowest BCUT2D eigenvalue weighted by Crippen LogP contribution is -2.27. The number of rotatable bonds is 5. The second-order valence-corrected chi connectivity index (χ2v) is 9.55. The van der Waals surface area contributed by atoms with Crippen molar-refractivity contribution in [1.82, 2.24) is 9.97 Å². The summed E-state index contributed by atoms with van der Waals surface area (Å²) in [4.78, 5) is 33.9. The van der Waals surface area contributed by atoms with Crippen LogP contribution in [-0.2, 0) is 11.0 Å². The summed E-state index contributed by atoms with van der Waals surface area (Å²) >= 11 is 7.25. The standard InChI is InChI=1S/C22H15ClF4N4O3S/c23-14-4-9(5-28-18(14)31-6-11-12(7-31)16(11)20(33)34)19(32)30-21-29-15(8-35-21)10-2-1-3-13(17(10)24)22(25,26)27/h1-5,8,11-12,16H,6-7H2,(H,33,34)(H,29,30,32). The Balaban J connectivity index is 1.28. The van der Waals surface area contributed by atoms with Gasteiger partial charge in [0.25, 0.3) is 5.91 Å². The lowest BCUT2D eigenvalue weighted by atomic mass is 10.1. The summed E-state index contributed by atoms with van der Waals surface area (Å²) in [6, 6.07) is 4.32. The summed E-state index contributed by atoms with van der Waals surface area (Å²) in [5.74, 6) is -2.59. The van der Waals surface area contributed by atoms with Crippen LogP contribution < -0.4 is 10.2 Å². The Morgan fingerprint density at radius 3 is 2.57 bits per heavy atom. The third kappa shape index (κ3) is 4.31.